The zero-order valence-corrected chi connectivity index (χ0v) is 16.5. The summed E-state index contributed by atoms with van der Waals surface area (Å²) < 4.78 is 18.6. The molecule has 2 aromatic rings. The topological polar surface area (TPSA) is 75.7 Å². The minimum atomic E-state index is -0.549. The Bertz CT molecular complexity index is 959. The van der Waals surface area contributed by atoms with Gasteiger partial charge in [0.1, 0.15) is 18.1 Å². The number of anilines is 1. The normalized spacial score (nSPS) is 15.1. The van der Waals surface area contributed by atoms with Crippen LogP contribution < -0.4 is 10.1 Å². The van der Waals surface area contributed by atoms with Gasteiger partial charge in [-0.05, 0) is 54.6 Å². The second kappa shape index (κ2) is 9.38. The van der Waals surface area contributed by atoms with E-state index < -0.39 is 29.4 Å². The van der Waals surface area contributed by atoms with Gasteiger partial charge in [-0.2, -0.15) is 0 Å². The van der Waals surface area contributed by atoms with Gasteiger partial charge in [0.05, 0.1) is 11.5 Å². The van der Waals surface area contributed by atoms with Gasteiger partial charge in [0.25, 0.3) is 11.1 Å². The van der Waals surface area contributed by atoms with Crippen LogP contribution in [0.1, 0.15) is 18.9 Å². The van der Waals surface area contributed by atoms with Gasteiger partial charge in [-0.25, -0.2) is 4.39 Å². The van der Waals surface area contributed by atoms with Gasteiger partial charge >= 0.3 is 0 Å². The lowest BCUT2D eigenvalue weighted by Crippen LogP contribution is -2.36. The van der Waals surface area contributed by atoms with E-state index in [1.54, 1.807) is 18.2 Å². The first-order valence-electron chi connectivity index (χ1n) is 9.00. The number of ether oxygens (including phenoxy) is 1. The lowest BCUT2D eigenvalue weighted by molar-refractivity contribution is -0.127. The minimum Gasteiger partial charge on any atom is -0.493 e. The third-order valence-corrected chi connectivity index (χ3v) is 4.88. The van der Waals surface area contributed by atoms with Gasteiger partial charge in [-0.15, -0.1) is 0 Å². The van der Waals surface area contributed by atoms with Crippen LogP contribution in [0.2, 0.25) is 0 Å². The Hall–Kier alpha value is -3.13. The molecule has 1 aliphatic rings. The largest absolute Gasteiger partial charge is 0.493 e. The number of hydrogen-bond acceptors (Lipinski definition) is 5. The molecular weight excluding hydrogens is 395 g/mol. The van der Waals surface area contributed by atoms with Crippen molar-refractivity contribution in [3.63, 3.8) is 0 Å². The van der Waals surface area contributed by atoms with Crippen LogP contribution in [-0.2, 0) is 9.59 Å². The van der Waals surface area contributed by atoms with E-state index in [1.165, 1.54) is 24.3 Å². The average Bonchev–Trinajstić information content (AvgIpc) is 2.96. The molecule has 1 N–H and O–H groups in total. The quantitative estimate of drug-likeness (QED) is 0.684. The predicted octanol–water partition coefficient (Wildman–Crippen LogP) is 4.29. The van der Waals surface area contributed by atoms with Crippen molar-refractivity contribution in [3.05, 3.63) is 64.8 Å². The van der Waals surface area contributed by atoms with Crippen LogP contribution in [0.3, 0.4) is 0 Å². The van der Waals surface area contributed by atoms with E-state index in [0.717, 1.165) is 23.1 Å². The number of halogens is 1. The molecule has 0 bridgehead atoms. The van der Waals surface area contributed by atoms with E-state index in [0.29, 0.717) is 23.6 Å². The summed E-state index contributed by atoms with van der Waals surface area (Å²) in [6.07, 6.45) is 2.43. The van der Waals surface area contributed by atoms with Crippen LogP contribution in [0.25, 0.3) is 6.08 Å². The maximum absolute atomic E-state index is 12.9. The first-order valence-corrected chi connectivity index (χ1v) is 9.82. The van der Waals surface area contributed by atoms with Gasteiger partial charge < -0.3 is 10.1 Å². The summed E-state index contributed by atoms with van der Waals surface area (Å²) in [6, 6.07) is 12.4. The molecule has 0 aliphatic carbocycles. The van der Waals surface area contributed by atoms with Crippen LogP contribution in [0.4, 0.5) is 14.9 Å². The van der Waals surface area contributed by atoms with Gasteiger partial charge in [0, 0.05) is 11.3 Å². The molecule has 0 aromatic heterocycles. The lowest BCUT2D eigenvalue weighted by Gasteiger charge is -2.12. The van der Waals surface area contributed by atoms with E-state index >= 15 is 0 Å². The maximum Gasteiger partial charge on any atom is 0.294 e. The molecule has 6 nitrogen and oxygen atoms in total. The van der Waals surface area contributed by atoms with E-state index in [9.17, 15) is 18.8 Å². The molecule has 1 heterocycles. The number of hydrogen-bond donors (Lipinski definition) is 1. The van der Waals surface area contributed by atoms with Crippen molar-refractivity contribution in [2.75, 3.05) is 18.5 Å². The summed E-state index contributed by atoms with van der Waals surface area (Å²) >= 11 is 0.773. The third-order valence-electron chi connectivity index (χ3n) is 3.97. The molecule has 1 aliphatic heterocycles. The number of imide groups is 1. The Morgan fingerprint density at radius 1 is 1.17 bits per heavy atom. The van der Waals surface area contributed by atoms with Crippen LogP contribution in [-0.4, -0.2) is 35.1 Å². The standard InChI is InChI=1S/C21H19FN2O4S/c1-2-11-28-17-6-4-3-5-14(17)12-18-20(26)24(21(27)29-18)13-19(25)23-16-9-7-15(22)8-10-16/h3-10,12H,2,11,13H2,1H3,(H,23,25)/b18-12+. The fourth-order valence-electron chi connectivity index (χ4n) is 2.60. The highest BCUT2D eigenvalue weighted by Gasteiger charge is 2.36. The second-order valence-electron chi connectivity index (χ2n) is 6.21. The summed E-state index contributed by atoms with van der Waals surface area (Å²) in [5.41, 5.74) is 1.06. The SMILES string of the molecule is CCCOc1ccccc1/C=C1/SC(=O)N(CC(=O)Nc2ccc(F)cc2)C1=O. The number of carbonyl (C=O) groups excluding carboxylic acids is 3. The van der Waals surface area contributed by atoms with Crippen LogP contribution >= 0.6 is 11.8 Å². The average molecular weight is 414 g/mol. The highest BCUT2D eigenvalue weighted by atomic mass is 32.2. The Balaban J connectivity index is 1.70. The van der Waals surface area contributed by atoms with Crippen LogP contribution in [0.5, 0.6) is 5.75 Å². The van der Waals surface area contributed by atoms with E-state index in [2.05, 4.69) is 5.32 Å². The summed E-state index contributed by atoms with van der Waals surface area (Å²) in [5, 5.41) is 2.01. The molecule has 150 valence electrons. The Morgan fingerprint density at radius 3 is 2.62 bits per heavy atom. The van der Waals surface area contributed by atoms with Crippen molar-refractivity contribution in [2.45, 2.75) is 13.3 Å². The van der Waals surface area contributed by atoms with E-state index in [4.69, 9.17) is 4.74 Å². The molecular formula is C21H19FN2O4S. The molecule has 3 amide bonds. The number of benzene rings is 2. The molecule has 1 fully saturated rings. The minimum absolute atomic E-state index is 0.220. The van der Waals surface area contributed by atoms with Crippen LogP contribution in [0, 0.1) is 5.82 Å². The first-order chi connectivity index (χ1) is 14.0. The second-order valence-corrected chi connectivity index (χ2v) is 7.20. The molecule has 8 heteroatoms. The van der Waals surface area contributed by atoms with Gasteiger partial charge in [-0.1, -0.05) is 25.1 Å². The fourth-order valence-corrected chi connectivity index (χ4v) is 3.43. The monoisotopic (exact) mass is 414 g/mol. The van der Waals surface area contributed by atoms with Gasteiger partial charge in [-0.3, -0.25) is 19.3 Å². The number of nitrogens with one attached hydrogen (secondary N) is 1. The van der Waals surface area contributed by atoms with Crippen molar-refractivity contribution in [1.29, 1.82) is 0 Å². The van der Waals surface area contributed by atoms with Crippen LogP contribution in [0.15, 0.2) is 53.4 Å². The summed E-state index contributed by atoms with van der Waals surface area (Å²) in [6.45, 7) is 2.11. The summed E-state index contributed by atoms with van der Waals surface area (Å²) in [7, 11) is 0. The zero-order valence-electron chi connectivity index (χ0n) is 15.7. The maximum atomic E-state index is 12.9. The smallest absolute Gasteiger partial charge is 0.294 e. The Morgan fingerprint density at radius 2 is 1.90 bits per heavy atom. The molecule has 0 radical (unpaired) electrons. The first kappa shape index (κ1) is 20.6. The number of carbonyl (C=O) groups is 3. The van der Waals surface area contributed by atoms with E-state index in [-0.39, 0.29) is 4.91 Å². The number of rotatable bonds is 7. The summed E-state index contributed by atoms with van der Waals surface area (Å²) in [5.74, 6) is -0.899. The van der Waals surface area contributed by atoms with Crippen molar-refractivity contribution in [1.82, 2.24) is 4.90 Å². The molecule has 0 spiro atoms. The molecule has 0 saturated carbocycles. The molecule has 2 aromatic carbocycles. The molecule has 29 heavy (non-hydrogen) atoms. The Labute approximate surface area is 171 Å². The van der Waals surface area contributed by atoms with Crippen molar-refractivity contribution >= 4 is 40.6 Å². The van der Waals surface area contributed by atoms with Crippen molar-refractivity contribution < 1.29 is 23.5 Å². The number of nitrogens with zero attached hydrogens (tertiary/aromatic N) is 1. The zero-order chi connectivity index (χ0) is 20.8. The molecule has 0 unspecified atom stereocenters. The van der Waals surface area contributed by atoms with Crippen molar-refractivity contribution in [3.8, 4) is 5.75 Å². The summed E-state index contributed by atoms with van der Waals surface area (Å²) in [4.78, 5) is 38.1. The highest BCUT2D eigenvalue weighted by molar-refractivity contribution is 8.18. The molecule has 1 saturated heterocycles. The third kappa shape index (κ3) is 5.23. The molecule has 0 atom stereocenters. The fraction of sp³-hybridized carbons (Fsp3) is 0.190. The number of amides is 3. The molecule has 3 rings (SSSR count). The van der Waals surface area contributed by atoms with Gasteiger partial charge in [0.15, 0.2) is 0 Å². The van der Waals surface area contributed by atoms with Crippen molar-refractivity contribution in [2.24, 2.45) is 0 Å². The van der Waals surface area contributed by atoms with Gasteiger partial charge in [0.2, 0.25) is 5.91 Å². The van der Waals surface area contributed by atoms with E-state index in [1.807, 2.05) is 19.1 Å². The Kier molecular flexibility index (Phi) is 6.66. The number of thioether (sulfide) groups is 1. The highest BCUT2D eigenvalue weighted by Crippen LogP contribution is 2.33. The predicted molar refractivity (Wildman–Crippen MR) is 110 cm³/mol. The number of para-hydroxylation sites is 1. The lowest BCUT2D eigenvalue weighted by atomic mass is 10.2.